The summed E-state index contributed by atoms with van der Waals surface area (Å²) in [6, 6.07) is 34.2. The van der Waals surface area contributed by atoms with Crippen molar-refractivity contribution in [3.63, 3.8) is 0 Å². The summed E-state index contributed by atoms with van der Waals surface area (Å²) in [4.78, 5) is 0. The zero-order valence-corrected chi connectivity index (χ0v) is 20.9. The monoisotopic (exact) mass is 462 g/mol. The van der Waals surface area contributed by atoms with Crippen molar-refractivity contribution < 1.29 is 4.39 Å². The van der Waals surface area contributed by atoms with Gasteiger partial charge in [0, 0.05) is 0 Å². The molecule has 0 spiro atoms. The molecule has 0 aliphatic carbocycles. The summed E-state index contributed by atoms with van der Waals surface area (Å²) < 4.78 is 14.4. The Morgan fingerprint density at radius 2 is 1.29 bits per heavy atom. The molecule has 1 heteroatoms. The molecular weight excluding hydrogens is 427 g/mol. The van der Waals surface area contributed by atoms with Crippen molar-refractivity contribution in [3.05, 3.63) is 143 Å². The number of benzene rings is 4. The fourth-order valence-electron chi connectivity index (χ4n) is 4.59. The number of hydrogen-bond donors (Lipinski definition) is 0. The van der Waals surface area contributed by atoms with E-state index in [2.05, 4.69) is 97.9 Å². The summed E-state index contributed by atoms with van der Waals surface area (Å²) in [5, 5.41) is 0. The quantitative estimate of drug-likeness (QED) is 0.206. The second-order valence-corrected chi connectivity index (χ2v) is 9.44. The molecule has 0 N–H and O–H groups in total. The molecule has 0 amide bonds. The van der Waals surface area contributed by atoms with E-state index < -0.39 is 0 Å². The van der Waals surface area contributed by atoms with Crippen molar-refractivity contribution in [2.45, 2.75) is 51.9 Å². The van der Waals surface area contributed by atoms with Crippen molar-refractivity contribution in [3.8, 4) is 11.1 Å². The molecule has 0 saturated heterocycles. The lowest BCUT2D eigenvalue weighted by molar-refractivity contribution is 0.607. The Bertz CT molecular complexity index is 1220. The van der Waals surface area contributed by atoms with Crippen LogP contribution in [0.1, 0.15) is 54.0 Å². The van der Waals surface area contributed by atoms with Crippen LogP contribution in [0.3, 0.4) is 0 Å². The molecule has 0 aliphatic heterocycles. The van der Waals surface area contributed by atoms with E-state index in [1.807, 2.05) is 19.1 Å². The largest absolute Gasteiger partial charge is 0.207 e. The summed E-state index contributed by atoms with van der Waals surface area (Å²) in [5.41, 5.74) is 8.35. The first-order valence-corrected chi connectivity index (χ1v) is 12.7. The lowest BCUT2D eigenvalue weighted by Crippen LogP contribution is -1.98. The minimum atomic E-state index is -0.0797. The predicted octanol–water partition coefficient (Wildman–Crippen LogP) is 9.13. The molecule has 1 atom stereocenters. The maximum Gasteiger partial charge on any atom is 0.126 e. The summed E-state index contributed by atoms with van der Waals surface area (Å²) >= 11 is 0. The van der Waals surface area contributed by atoms with Gasteiger partial charge in [-0.15, -0.1) is 0 Å². The van der Waals surface area contributed by atoms with Crippen LogP contribution in [-0.4, -0.2) is 0 Å². The van der Waals surface area contributed by atoms with Gasteiger partial charge in [0.05, 0.1) is 0 Å². The number of allylic oxidation sites excluding steroid dienone is 2. The van der Waals surface area contributed by atoms with Crippen molar-refractivity contribution >= 4 is 0 Å². The molecule has 4 rings (SSSR count). The zero-order chi connectivity index (χ0) is 24.5. The van der Waals surface area contributed by atoms with Crippen molar-refractivity contribution in [1.29, 1.82) is 0 Å². The van der Waals surface area contributed by atoms with Crippen LogP contribution in [0, 0.1) is 5.82 Å². The average Bonchev–Trinajstić information content (AvgIpc) is 2.90. The van der Waals surface area contributed by atoms with Gasteiger partial charge in [0.25, 0.3) is 0 Å². The van der Waals surface area contributed by atoms with Gasteiger partial charge < -0.3 is 0 Å². The molecule has 0 fully saturated rings. The molecule has 35 heavy (non-hydrogen) atoms. The molecule has 0 aliphatic rings. The fourth-order valence-corrected chi connectivity index (χ4v) is 4.59. The van der Waals surface area contributed by atoms with Gasteiger partial charge in [-0.05, 0) is 90.0 Å². The molecule has 0 nitrogen and oxygen atoms in total. The molecule has 0 bridgehead atoms. The highest BCUT2D eigenvalue weighted by molar-refractivity contribution is 5.64. The molecular formula is C34H35F. The highest BCUT2D eigenvalue weighted by Crippen LogP contribution is 2.24. The van der Waals surface area contributed by atoms with E-state index in [4.69, 9.17) is 0 Å². The van der Waals surface area contributed by atoms with E-state index in [9.17, 15) is 4.39 Å². The van der Waals surface area contributed by atoms with Crippen LogP contribution in [0.4, 0.5) is 4.39 Å². The van der Waals surface area contributed by atoms with Gasteiger partial charge in [0.15, 0.2) is 0 Å². The Morgan fingerprint density at radius 1 is 0.686 bits per heavy atom. The fraction of sp³-hybridized carbons (Fsp3) is 0.235. The third-order valence-corrected chi connectivity index (χ3v) is 6.79. The maximum atomic E-state index is 14.4. The van der Waals surface area contributed by atoms with E-state index in [-0.39, 0.29) is 5.82 Å². The smallest absolute Gasteiger partial charge is 0.126 e. The summed E-state index contributed by atoms with van der Waals surface area (Å²) in [5.74, 6) is 0.424. The van der Waals surface area contributed by atoms with Gasteiger partial charge in [-0.1, -0.05) is 110 Å². The molecule has 0 radical (unpaired) electrons. The molecule has 0 saturated carbocycles. The zero-order valence-electron chi connectivity index (χ0n) is 20.9. The average molecular weight is 463 g/mol. The van der Waals surface area contributed by atoms with E-state index in [0.29, 0.717) is 5.92 Å². The first-order chi connectivity index (χ1) is 17.1. The SMILES string of the molecule is CC=CCCc1ccc(CCc2ccc(-c3ccc(C[C@@H](C)c4ccccc4)cc3)cc2)cc1F. The number of aryl methyl sites for hydroxylation is 3. The number of hydrogen-bond acceptors (Lipinski definition) is 0. The van der Waals surface area contributed by atoms with Crippen LogP contribution in [0.5, 0.6) is 0 Å². The first-order valence-electron chi connectivity index (χ1n) is 12.7. The lowest BCUT2D eigenvalue weighted by atomic mass is 9.92. The van der Waals surface area contributed by atoms with Crippen molar-refractivity contribution in [1.82, 2.24) is 0 Å². The van der Waals surface area contributed by atoms with Crippen LogP contribution in [0.2, 0.25) is 0 Å². The molecule has 0 heterocycles. The molecule has 4 aromatic carbocycles. The molecule has 4 aromatic rings. The minimum Gasteiger partial charge on any atom is -0.207 e. The van der Waals surface area contributed by atoms with E-state index in [1.54, 1.807) is 6.07 Å². The third-order valence-electron chi connectivity index (χ3n) is 6.79. The van der Waals surface area contributed by atoms with Crippen molar-refractivity contribution in [2.75, 3.05) is 0 Å². The Labute approximate surface area is 210 Å². The van der Waals surface area contributed by atoms with Crippen molar-refractivity contribution in [2.24, 2.45) is 0 Å². The van der Waals surface area contributed by atoms with Crippen LogP contribution in [0.25, 0.3) is 11.1 Å². The van der Waals surface area contributed by atoms with Crippen LogP contribution >= 0.6 is 0 Å². The molecule has 0 aromatic heterocycles. The van der Waals surface area contributed by atoms with Crippen LogP contribution in [-0.2, 0) is 25.7 Å². The highest BCUT2D eigenvalue weighted by atomic mass is 19.1. The number of rotatable bonds is 10. The lowest BCUT2D eigenvalue weighted by Gasteiger charge is -2.12. The predicted molar refractivity (Wildman–Crippen MR) is 147 cm³/mol. The first kappa shape index (κ1) is 24.7. The summed E-state index contributed by atoms with van der Waals surface area (Å²) in [6.45, 7) is 4.28. The molecule has 0 unspecified atom stereocenters. The highest BCUT2D eigenvalue weighted by Gasteiger charge is 2.07. The van der Waals surface area contributed by atoms with Crippen LogP contribution < -0.4 is 0 Å². The van der Waals surface area contributed by atoms with Gasteiger partial charge in [-0.2, -0.15) is 0 Å². The number of halogens is 1. The van der Waals surface area contributed by atoms with Gasteiger partial charge >= 0.3 is 0 Å². The van der Waals surface area contributed by atoms with Gasteiger partial charge in [-0.25, -0.2) is 4.39 Å². The standard InChI is InChI=1S/C34H35F/c1-3-4-6-11-33-23-18-29(25-34(33)35)13-12-27-14-19-31(20-15-27)32-21-16-28(17-22-32)24-26(2)30-9-7-5-8-10-30/h3-5,7-10,14-23,25-26H,6,11-13,24H2,1-2H3/t26-/m1/s1. The second-order valence-electron chi connectivity index (χ2n) is 9.44. The Kier molecular flexibility index (Phi) is 8.68. The molecule has 178 valence electrons. The maximum absolute atomic E-state index is 14.4. The summed E-state index contributed by atoms with van der Waals surface area (Å²) in [7, 11) is 0. The second kappa shape index (κ2) is 12.3. The topological polar surface area (TPSA) is 0 Å². The van der Waals surface area contributed by atoms with Gasteiger partial charge in [-0.3, -0.25) is 0 Å². The normalized spacial score (nSPS) is 12.2. The van der Waals surface area contributed by atoms with Gasteiger partial charge in [0.2, 0.25) is 0 Å². The third kappa shape index (κ3) is 7.02. The van der Waals surface area contributed by atoms with Crippen LogP contribution in [0.15, 0.2) is 109 Å². The van der Waals surface area contributed by atoms with E-state index in [0.717, 1.165) is 43.2 Å². The van der Waals surface area contributed by atoms with E-state index >= 15 is 0 Å². The Hall–Kier alpha value is -3.45. The van der Waals surface area contributed by atoms with E-state index in [1.165, 1.54) is 27.8 Å². The Balaban J connectivity index is 1.32. The summed E-state index contributed by atoms with van der Waals surface area (Å²) in [6.07, 6.45) is 8.53. The van der Waals surface area contributed by atoms with Gasteiger partial charge in [0.1, 0.15) is 5.82 Å². The Morgan fingerprint density at radius 3 is 1.91 bits per heavy atom. The minimum absolute atomic E-state index is 0.0797.